The first-order valence-electron chi connectivity index (χ1n) is 12.4. The average Bonchev–Trinajstić information content (AvgIpc) is 3.34. The molecule has 3 N–H and O–H groups in total. The summed E-state index contributed by atoms with van der Waals surface area (Å²) in [6.45, 7) is 7.67. The van der Waals surface area contributed by atoms with Crippen LogP contribution in [0.4, 0.5) is 17.3 Å². The van der Waals surface area contributed by atoms with Crippen molar-refractivity contribution in [2.24, 2.45) is 0 Å². The third kappa shape index (κ3) is 6.48. The maximum absolute atomic E-state index is 12.5. The van der Waals surface area contributed by atoms with Gasteiger partial charge in [0.1, 0.15) is 17.9 Å². The number of amides is 2. The number of nitrogen functional groups attached to an aromatic ring is 1. The lowest BCUT2D eigenvalue weighted by Gasteiger charge is -2.17. The van der Waals surface area contributed by atoms with Crippen molar-refractivity contribution in [2.75, 3.05) is 42.2 Å². The topological polar surface area (TPSA) is 101 Å². The molecule has 8 heteroatoms. The summed E-state index contributed by atoms with van der Waals surface area (Å²) in [5.74, 6) is 0.801. The Bertz CT molecular complexity index is 1350. The highest BCUT2D eigenvalue weighted by Crippen LogP contribution is 2.27. The number of ether oxygens (including phenoxy) is 1. The quantitative estimate of drug-likeness (QED) is 0.206. The van der Waals surface area contributed by atoms with Crippen LogP contribution in [0, 0.1) is 0 Å². The molecule has 4 rings (SSSR count). The fourth-order valence-electron chi connectivity index (χ4n) is 3.99. The van der Waals surface area contributed by atoms with Gasteiger partial charge in [-0.05, 0) is 61.1 Å². The van der Waals surface area contributed by atoms with Crippen LogP contribution in [-0.2, 0) is 11.3 Å². The molecule has 0 radical (unpaired) electrons. The smallest absolute Gasteiger partial charge is 0.255 e. The molecule has 0 fully saturated rings. The Morgan fingerprint density at radius 1 is 1.03 bits per heavy atom. The summed E-state index contributed by atoms with van der Waals surface area (Å²) < 4.78 is 11.8. The lowest BCUT2D eigenvalue weighted by atomic mass is 10.1. The van der Waals surface area contributed by atoms with E-state index in [9.17, 15) is 9.59 Å². The third-order valence-electron chi connectivity index (χ3n) is 6.21. The fourth-order valence-corrected chi connectivity index (χ4v) is 3.99. The SMILES string of the molecule is CCN(CC)Cc1ccc2cc(N(C=O)CCOc3ccc(C(=O)Nc4ccccc4N)cc3)oc2c1. The van der Waals surface area contributed by atoms with Crippen LogP contribution in [0.5, 0.6) is 5.75 Å². The number of nitrogens with one attached hydrogen (secondary N) is 1. The number of hydrogen-bond donors (Lipinski definition) is 2. The summed E-state index contributed by atoms with van der Waals surface area (Å²) in [6.07, 6.45) is 0.737. The predicted octanol–water partition coefficient (Wildman–Crippen LogP) is 5.15. The highest BCUT2D eigenvalue weighted by molar-refractivity contribution is 6.05. The van der Waals surface area contributed by atoms with Gasteiger partial charge in [0.2, 0.25) is 12.3 Å². The molecular formula is C29H32N4O4. The van der Waals surface area contributed by atoms with Gasteiger partial charge in [-0.2, -0.15) is 0 Å². The number of nitrogens with two attached hydrogens (primary N) is 1. The van der Waals surface area contributed by atoms with Crippen LogP contribution in [0.1, 0.15) is 29.8 Å². The summed E-state index contributed by atoms with van der Waals surface area (Å²) in [5.41, 5.74) is 9.35. The summed E-state index contributed by atoms with van der Waals surface area (Å²) in [4.78, 5) is 28.1. The second-order valence-corrected chi connectivity index (χ2v) is 8.63. The zero-order valence-corrected chi connectivity index (χ0v) is 21.1. The van der Waals surface area contributed by atoms with E-state index in [0.717, 1.165) is 37.0 Å². The zero-order valence-electron chi connectivity index (χ0n) is 21.1. The van der Waals surface area contributed by atoms with E-state index in [1.807, 2.05) is 24.3 Å². The fraction of sp³-hybridized carbons (Fsp3) is 0.241. The van der Waals surface area contributed by atoms with E-state index in [1.165, 1.54) is 10.5 Å². The summed E-state index contributed by atoms with van der Waals surface area (Å²) in [5, 5.41) is 3.74. The van der Waals surface area contributed by atoms with E-state index >= 15 is 0 Å². The van der Waals surface area contributed by atoms with Gasteiger partial charge in [-0.1, -0.05) is 38.1 Å². The number of hydrogen-bond acceptors (Lipinski definition) is 6. The number of furan rings is 1. The van der Waals surface area contributed by atoms with E-state index < -0.39 is 0 Å². The number of rotatable bonds is 12. The molecule has 8 nitrogen and oxygen atoms in total. The van der Waals surface area contributed by atoms with E-state index in [2.05, 4.69) is 30.1 Å². The summed E-state index contributed by atoms with van der Waals surface area (Å²) >= 11 is 0. The molecule has 1 aromatic heterocycles. The lowest BCUT2D eigenvalue weighted by Crippen LogP contribution is -2.26. The van der Waals surface area contributed by atoms with E-state index in [1.54, 1.807) is 42.5 Å². The lowest BCUT2D eigenvalue weighted by molar-refractivity contribution is -0.107. The molecule has 0 aliphatic rings. The minimum Gasteiger partial charge on any atom is -0.492 e. The zero-order chi connectivity index (χ0) is 26.2. The standard InChI is InChI=1S/C29H32N4O4/c1-3-32(4-2)19-21-9-10-23-18-28(37-27(23)17-21)33(20-34)15-16-36-24-13-11-22(12-14-24)29(35)31-26-8-6-5-7-25(26)30/h5-14,17-18,20H,3-4,15-16,19,30H2,1-2H3,(H,31,35). The molecule has 0 atom stereocenters. The largest absolute Gasteiger partial charge is 0.492 e. The molecular weight excluding hydrogens is 468 g/mol. The van der Waals surface area contributed by atoms with Crippen molar-refractivity contribution in [3.8, 4) is 5.75 Å². The minimum atomic E-state index is -0.262. The van der Waals surface area contributed by atoms with Gasteiger partial charge in [-0.15, -0.1) is 0 Å². The molecule has 2 amide bonds. The molecule has 0 saturated carbocycles. The van der Waals surface area contributed by atoms with Crippen LogP contribution in [0.15, 0.2) is 77.2 Å². The number of benzene rings is 3. The number of carbonyl (C=O) groups is 2. The van der Waals surface area contributed by atoms with Crippen molar-refractivity contribution in [1.82, 2.24) is 4.90 Å². The van der Waals surface area contributed by atoms with Gasteiger partial charge in [0.15, 0.2) is 0 Å². The van der Waals surface area contributed by atoms with Gasteiger partial charge in [0.25, 0.3) is 5.91 Å². The molecule has 4 aromatic rings. The van der Waals surface area contributed by atoms with E-state index in [0.29, 0.717) is 35.1 Å². The average molecular weight is 501 g/mol. The number of nitrogens with zero attached hydrogens (tertiary/aromatic N) is 2. The van der Waals surface area contributed by atoms with Crippen molar-refractivity contribution in [1.29, 1.82) is 0 Å². The van der Waals surface area contributed by atoms with Crippen molar-refractivity contribution in [3.63, 3.8) is 0 Å². The van der Waals surface area contributed by atoms with E-state index in [4.69, 9.17) is 14.9 Å². The monoisotopic (exact) mass is 500 g/mol. The van der Waals surface area contributed by atoms with Gasteiger partial charge >= 0.3 is 0 Å². The molecule has 1 heterocycles. The first-order valence-corrected chi connectivity index (χ1v) is 12.4. The van der Waals surface area contributed by atoms with Gasteiger partial charge in [-0.25, -0.2) is 0 Å². The van der Waals surface area contributed by atoms with Gasteiger partial charge < -0.3 is 20.2 Å². The highest BCUT2D eigenvalue weighted by atomic mass is 16.5. The first-order chi connectivity index (χ1) is 18.0. The highest BCUT2D eigenvalue weighted by Gasteiger charge is 2.13. The normalized spacial score (nSPS) is 11.0. The predicted molar refractivity (Wildman–Crippen MR) is 147 cm³/mol. The summed E-state index contributed by atoms with van der Waals surface area (Å²) in [6, 6.07) is 21.9. The van der Waals surface area contributed by atoms with Crippen molar-refractivity contribution in [3.05, 3.63) is 83.9 Å². The molecule has 0 bridgehead atoms. The maximum atomic E-state index is 12.5. The number of carbonyl (C=O) groups excluding carboxylic acids is 2. The maximum Gasteiger partial charge on any atom is 0.255 e. The second-order valence-electron chi connectivity index (χ2n) is 8.63. The van der Waals surface area contributed by atoms with Crippen LogP contribution < -0.4 is 20.7 Å². The molecule has 37 heavy (non-hydrogen) atoms. The molecule has 0 aliphatic heterocycles. The van der Waals surface area contributed by atoms with Crippen LogP contribution in [0.25, 0.3) is 11.0 Å². The van der Waals surface area contributed by atoms with Gasteiger partial charge in [-0.3, -0.25) is 19.4 Å². The van der Waals surface area contributed by atoms with Crippen LogP contribution in [0.2, 0.25) is 0 Å². The summed E-state index contributed by atoms with van der Waals surface area (Å²) in [7, 11) is 0. The second kappa shape index (κ2) is 12.1. The Kier molecular flexibility index (Phi) is 8.43. The van der Waals surface area contributed by atoms with Gasteiger partial charge in [0.05, 0.1) is 17.9 Å². The Morgan fingerprint density at radius 2 is 1.78 bits per heavy atom. The van der Waals surface area contributed by atoms with Crippen LogP contribution >= 0.6 is 0 Å². The number of fused-ring (bicyclic) bond motifs is 1. The molecule has 0 spiro atoms. The Morgan fingerprint density at radius 3 is 2.49 bits per heavy atom. The minimum absolute atomic E-state index is 0.259. The molecule has 0 unspecified atom stereocenters. The number of anilines is 3. The van der Waals surface area contributed by atoms with Crippen molar-refractivity contribution < 1.29 is 18.7 Å². The molecule has 0 saturated heterocycles. The Balaban J connectivity index is 1.33. The molecule has 0 aliphatic carbocycles. The van der Waals surface area contributed by atoms with Crippen molar-refractivity contribution >= 4 is 40.5 Å². The van der Waals surface area contributed by atoms with E-state index in [-0.39, 0.29) is 12.5 Å². The number of para-hydroxylation sites is 2. The Hall–Kier alpha value is -4.30. The van der Waals surface area contributed by atoms with Crippen LogP contribution in [0.3, 0.4) is 0 Å². The Labute approximate surface area is 216 Å². The molecule has 192 valence electrons. The third-order valence-corrected chi connectivity index (χ3v) is 6.21. The van der Waals surface area contributed by atoms with Crippen LogP contribution in [-0.4, -0.2) is 43.5 Å². The van der Waals surface area contributed by atoms with Gasteiger partial charge in [0, 0.05) is 23.6 Å². The van der Waals surface area contributed by atoms with Crippen molar-refractivity contribution in [2.45, 2.75) is 20.4 Å². The molecule has 3 aromatic carbocycles. The first kappa shape index (κ1) is 25.8.